The minimum absolute atomic E-state index is 0.103. The van der Waals surface area contributed by atoms with Crippen LogP contribution in [0.2, 0.25) is 0 Å². The number of carbonyl (C=O) groups is 2. The summed E-state index contributed by atoms with van der Waals surface area (Å²) in [6, 6.07) is 15.8. The minimum Gasteiger partial charge on any atom is -0.461 e. The lowest BCUT2D eigenvalue weighted by molar-refractivity contribution is -0.247. The van der Waals surface area contributed by atoms with Crippen LogP contribution in [0.5, 0.6) is 0 Å². The van der Waals surface area contributed by atoms with Gasteiger partial charge in [-0.05, 0) is 12.5 Å². The highest BCUT2D eigenvalue weighted by molar-refractivity contribution is 6.46. The largest absolute Gasteiger partial charge is 0.461 e. The van der Waals surface area contributed by atoms with Crippen LogP contribution in [-0.2, 0) is 30.5 Å². The number of methoxy groups -OCH3 is 1. The minimum atomic E-state index is -1.70. The highest BCUT2D eigenvalue weighted by Crippen LogP contribution is 2.52. The van der Waals surface area contributed by atoms with Gasteiger partial charge in [-0.3, -0.25) is 4.79 Å². The quantitative estimate of drug-likeness (QED) is 0.792. The molecule has 2 aromatic carbocycles. The fraction of sp³-hybridized carbons (Fsp3) is 0.250. The molecule has 4 rings (SSSR count). The van der Waals surface area contributed by atoms with E-state index in [1.165, 1.54) is 7.11 Å². The van der Waals surface area contributed by atoms with Crippen molar-refractivity contribution in [3.63, 3.8) is 0 Å². The molecule has 2 aliphatic rings. The Morgan fingerprint density at radius 2 is 1.81 bits per heavy atom. The van der Waals surface area contributed by atoms with Crippen LogP contribution < -0.4 is 0 Å². The molecule has 0 unspecified atom stereocenters. The lowest BCUT2D eigenvalue weighted by Crippen LogP contribution is -2.52. The molecule has 0 aromatic heterocycles. The van der Waals surface area contributed by atoms with Gasteiger partial charge in [-0.2, -0.15) is 0 Å². The summed E-state index contributed by atoms with van der Waals surface area (Å²) in [5, 5.41) is 0. The number of ketones is 1. The van der Waals surface area contributed by atoms with E-state index in [-0.39, 0.29) is 18.1 Å². The van der Waals surface area contributed by atoms with Gasteiger partial charge in [0, 0.05) is 18.2 Å². The summed E-state index contributed by atoms with van der Waals surface area (Å²) in [7, 11) is 1.43. The number of Topliss-reactive ketones (excluding diaryl/α,β-unsaturated/α-hetero) is 1. The molecule has 2 bridgehead atoms. The van der Waals surface area contributed by atoms with Gasteiger partial charge in [-0.15, -0.1) is 0 Å². The Labute approximate surface area is 150 Å². The van der Waals surface area contributed by atoms with E-state index < -0.39 is 17.5 Å². The Hall–Kier alpha value is -2.83. The smallest absolute Gasteiger partial charge is 0.356 e. The van der Waals surface area contributed by atoms with Gasteiger partial charge in [0.15, 0.2) is 5.71 Å². The van der Waals surface area contributed by atoms with Crippen LogP contribution in [0, 0.1) is 0 Å². The Morgan fingerprint density at radius 3 is 2.50 bits per heavy atom. The third-order valence-corrected chi connectivity index (χ3v) is 4.64. The molecular formula is C20H17NO5. The molecule has 0 aliphatic carbocycles. The molecule has 2 atom stereocenters. The molecule has 26 heavy (non-hydrogen) atoms. The predicted octanol–water partition coefficient (Wildman–Crippen LogP) is 2.57. The first-order chi connectivity index (χ1) is 12.6. The molecule has 132 valence electrons. The Balaban J connectivity index is 2.03. The van der Waals surface area contributed by atoms with E-state index in [0.717, 1.165) is 0 Å². The van der Waals surface area contributed by atoms with E-state index in [9.17, 15) is 9.59 Å². The Morgan fingerprint density at radius 1 is 1.12 bits per heavy atom. The maximum Gasteiger partial charge on any atom is 0.356 e. The maximum absolute atomic E-state index is 13.5. The second-order valence-corrected chi connectivity index (χ2v) is 5.99. The van der Waals surface area contributed by atoms with Crippen molar-refractivity contribution in [3.8, 4) is 0 Å². The van der Waals surface area contributed by atoms with Gasteiger partial charge in [0.05, 0.1) is 6.61 Å². The van der Waals surface area contributed by atoms with E-state index >= 15 is 0 Å². The molecule has 2 aromatic rings. The number of carbonyl (C=O) groups excluding carboxylic acids is 2. The number of aliphatic imine (C=N–C) groups is 1. The number of fused-ring (bicyclic) bond motifs is 4. The number of nitrogens with zero attached hydrogens (tertiary/aromatic N) is 1. The van der Waals surface area contributed by atoms with E-state index in [0.29, 0.717) is 16.7 Å². The normalized spacial score (nSPS) is 26.2. The summed E-state index contributed by atoms with van der Waals surface area (Å²) >= 11 is 0. The average molecular weight is 351 g/mol. The number of hydrogen-bond donors (Lipinski definition) is 0. The number of esters is 1. The first kappa shape index (κ1) is 16.6. The van der Waals surface area contributed by atoms with Crippen molar-refractivity contribution < 1.29 is 23.8 Å². The van der Waals surface area contributed by atoms with Gasteiger partial charge in [-0.1, -0.05) is 54.6 Å². The van der Waals surface area contributed by atoms with Crippen molar-refractivity contribution >= 4 is 17.5 Å². The lowest BCUT2D eigenvalue weighted by atomic mass is 9.79. The SMILES string of the molecule is CCOC(=O)C1=N[C@@]2(OC)O[C@]1(c1ccccc1)C(=O)c1ccccc12. The van der Waals surface area contributed by atoms with Gasteiger partial charge in [0.2, 0.25) is 11.4 Å². The van der Waals surface area contributed by atoms with Crippen LogP contribution in [0.15, 0.2) is 59.6 Å². The van der Waals surface area contributed by atoms with Gasteiger partial charge in [0.25, 0.3) is 0 Å². The predicted molar refractivity (Wildman–Crippen MR) is 92.7 cm³/mol. The van der Waals surface area contributed by atoms with Crippen LogP contribution in [0.4, 0.5) is 0 Å². The molecular weight excluding hydrogens is 334 g/mol. The average Bonchev–Trinajstić information content (AvgIpc) is 3.02. The highest BCUT2D eigenvalue weighted by Gasteiger charge is 2.65. The van der Waals surface area contributed by atoms with Crippen molar-refractivity contribution in [2.75, 3.05) is 13.7 Å². The zero-order valence-corrected chi connectivity index (χ0v) is 14.4. The Kier molecular flexibility index (Phi) is 3.75. The molecule has 2 heterocycles. The zero-order chi connectivity index (χ0) is 18.4. The Bertz CT molecular complexity index is 923. The van der Waals surface area contributed by atoms with E-state index in [2.05, 4.69) is 4.99 Å². The van der Waals surface area contributed by atoms with Crippen LogP contribution in [0.25, 0.3) is 0 Å². The van der Waals surface area contributed by atoms with Gasteiger partial charge >= 0.3 is 11.9 Å². The van der Waals surface area contributed by atoms with Crippen molar-refractivity contribution in [2.24, 2.45) is 4.99 Å². The lowest BCUT2D eigenvalue weighted by Gasteiger charge is -2.38. The summed E-state index contributed by atoms with van der Waals surface area (Å²) in [6.07, 6.45) is 0. The van der Waals surface area contributed by atoms with Crippen molar-refractivity contribution in [2.45, 2.75) is 18.4 Å². The van der Waals surface area contributed by atoms with Crippen molar-refractivity contribution in [1.82, 2.24) is 0 Å². The van der Waals surface area contributed by atoms with Crippen LogP contribution >= 0.6 is 0 Å². The fourth-order valence-corrected chi connectivity index (χ4v) is 3.51. The topological polar surface area (TPSA) is 74.2 Å². The summed E-state index contributed by atoms with van der Waals surface area (Å²) in [4.78, 5) is 30.6. The molecule has 6 nitrogen and oxygen atoms in total. The summed E-state index contributed by atoms with van der Waals surface area (Å²) < 4.78 is 16.9. The first-order valence-corrected chi connectivity index (χ1v) is 8.31. The van der Waals surface area contributed by atoms with Gasteiger partial charge in [0.1, 0.15) is 0 Å². The third-order valence-electron chi connectivity index (χ3n) is 4.64. The molecule has 0 fully saturated rings. The number of ether oxygens (including phenoxy) is 3. The molecule has 2 aliphatic heterocycles. The molecule has 0 saturated heterocycles. The monoisotopic (exact) mass is 351 g/mol. The fourth-order valence-electron chi connectivity index (χ4n) is 3.51. The van der Waals surface area contributed by atoms with Crippen LogP contribution in [-0.4, -0.2) is 31.2 Å². The molecule has 6 heteroatoms. The molecule has 0 saturated carbocycles. The zero-order valence-electron chi connectivity index (χ0n) is 14.4. The molecule has 0 amide bonds. The second-order valence-electron chi connectivity index (χ2n) is 5.99. The summed E-state index contributed by atoms with van der Waals surface area (Å²) in [5.41, 5.74) is -0.414. The van der Waals surface area contributed by atoms with Gasteiger partial charge in [-0.25, -0.2) is 9.79 Å². The second kappa shape index (κ2) is 5.86. The number of hydrogen-bond acceptors (Lipinski definition) is 6. The van der Waals surface area contributed by atoms with E-state index in [1.54, 1.807) is 55.5 Å². The summed E-state index contributed by atoms with van der Waals surface area (Å²) in [6.45, 7) is 1.85. The third kappa shape index (κ3) is 2.03. The number of benzene rings is 2. The maximum atomic E-state index is 13.5. The van der Waals surface area contributed by atoms with E-state index in [1.807, 2.05) is 6.07 Å². The highest BCUT2D eigenvalue weighted by atomic mass is 16.7. The molecule has 0 radical (unpaired) electrons. The standard InChI is InChI=1S/C20H17NO5/c1-3-25-18(23)16-19(13-9-5-4-6-10-13)17(22)14-11-7-8-12-15(14)20(21-16,24-2)26-19/h4-12H,3H2,1-2H3/t19-,20-/m0/s1. The van der Waals surface area contributed by atoms with Crippen molar-refractivity contribution in [1.29, 1.82) is 0 Å². The molecule has 0 N–H and O–H groups in total. The van der Waals surface area contributed by atoms with Crippen LogP contribution in [0.1, 0.15) is 28.4 Å². The first-order valence-electron chi connectivity index (χ1n) is 8.31. The number of rotatable bonds is 4. The van der Waals surface area contributed by atoms with E-state index in [4.69, 9.17) is 14.2 Å². The molecule has 0 spiro atoms. The van der Waals surface area contributed by atoms with Gasteiger partial charge < -0.3 is 14.2 Å². The summed E-state index contributed by atoms with van der Waals surface area (Å²) in [5.74, 6) is -2.63. The van der Waals surface area contributed by atoms with Crippen LogP contribution in [0.3, 0.4) is 0 Å². The van der Waals surface area contributed by atoms with Crippen molar-refractivity contribution in [3.05, 3.63) is 71.3 Å².